The Morgan fingerprint density at radius 3 is 3.18 bits per heavy atom. The average molecular weight is 280 g/mol. The molecule has 3 nitrogen and oxygen atoms in total. The summed E-state index contributed by atoms with van der Waals surface area (Å²) in [4.78, 5) is 4.00. The Bertz CT molecular complexity index is 525. The van der Waals surface area contributed by atoms with Crippen molar-refractivity contribution in [2.45, 2.75) is 0 Å². The molecule has 0 atom stereocenters. The van der Waals surface area contributed by atoms with Crippen molar-refractivity contribution < 1.29 is 4.11 Å². The third-order valence-electron chi connectivity index (χ3n) is 1.11. The van der Waals surface area contributed by atoms with E-state index in [0.717, 1.165) is 4.52 Å². The van der Waals surface area contributed by atoms with Crippen molar-refractivity contribution in [3.8, 4) is 0 Å². The topological polar surface area (TPSA) is 30.2 Å². The minimum atomic E-state index is -0.0962. The van der Waals surface area contributed by atoms with Gasteiger partial charge in [0.05, 0.1) is 14.8 Å². The Morgan fingerprint density at radius 2 is 2.36 bits per heavy atom. The maximum absolute atomic E-state index is 7.58. The zero-order valence-corrected chi connectivity index (χ0v) is 8.27. The van der Waals surface area contributed by atoms with E-state index in [4.69, 9.17) is 4.11 Å². The van der Waals surface area contributed by atoms with Crippen LogP contribution in [0.1, 0.15) is 4.11 Å². The molecule has 0 fully saturated rings. The molecule has 11 heavy (non-hydrogen) atoms. The van der Waals surface area contributed by atoms with Crippen LogP contribution >= 0.6 is 31.9 Å². The molecule has 2 heterocycles. The summed E-state index contributed by atoms with van der Waals surface area (Å²) in [6.45, 7) is 0. The summed E-state index contributed by atoms with van der Waals surface area (Å²) < 4.78 is 24.3. The molecule has 56 valence electrons. The van der Waals surface area contributed by atoms with Gasteiger partial charge < -0.3 is 0 Å². The fourth-order valence-corrected chi connectivity index (χ4v) is 1.27. The molecule has 0 aliphatic heterocycles. The highest BCUT2D eigenvalue weighted by molar-refractivity contribution is 9.11. The molecule has 0 aliphatic carbocycles. The van der Waals surface area contributed by atoms with Crippen LogP contribution in [-0.4, -0.2) is 14.6 Å². The fourth-order valence-electron chi connectivity index (χ4n) is 0.679. The highest BCUT2D eigenvalue weighted by Crippen LogP contribution is 2.16. The van der Waals surface area contributed by atoms with E-state index < -0.39 is 0 Å². The summed E-state index contributed by atoms with van der Waals surface area (Å²) in [5.41, 5.74) is 0.364. The molecular formula is C6H3Br2N3. The predicted molar refractivity (Wildman–Crippen MR) is 48.4 cm³/mol. The summed E-state index contributed by atoms with van der Waals surface area (Å²) in [6.07, 6.45) is -0.0930. The monoisotopic (exact) mass is 278 g/mol. The van der Waals surface area contributed by atoms with Gasteiger partial charge in [-0.05, 0) is 37.9 Å². The van der Waals surface area contributed by atoms with E-state index in [2.05, 4.69) is 41.9 Å². The molecule has 0 saturated heterocycles. The molecule has 0 unspecified atom stereocenters. The molecule has 0 N–H and O–H groups in total. The van der Waals surface area contributed by atoms with Gasteiger partial charge in [0.15, 0.2) is 5.65 Å². The van der Waals surface area contributed by atoms with E-state index in [1.54, 1.807) is 0 Å². The third-order valence-corrected chi connectivity index (χ3v) is 2.02. The van der Waals surface area contributed by atoms with E-state index in [1.165, 1.54) is 0 Å². The number of hydrogen-bond donors (Lipinski definition) is 0. The van der Waals surface area contributed by atoms with Gasteiger partial charge in [-0.15, -0.1) is 0 Å². The number of halogens is 2. The lowest BCUT2D eigenvalue weighted by atomic mass is 10.6. The Labute approximate surface area is 83.9 Å². The largest absolute Gasteiger partial charge is 0.221 e. The molecule has 0 saturated carbocycles. The molecule has 0 aliphatic rings. The summed E-state index contributed by atoms with van der Waals surface area (Å²) in [6, 6.07) is -0.0486. The third kappa shape index (κ3) is 1.18. The van der Waals surface area contributed by atoms with Gasteiger partial charge in [0, 0.05) is 6.17 Å². The maximum atomic E-state index is 7.58. The quantitative estimate of drug-likeness (QED) is 0.693. The first kappa shape index (κ1) is 4.57. The van der Waals surface area contributed by atoms with Gasteiger partial charge >= 0.3 is 0 Å². The fraction of sp³-hybridized carbons (Fsp3) is 0. The summed E-state index contributed by atoms with van der Waals surface area (Å²) >= 11 is 6.21. The molecule has 0 aromatic carbocycles. The van der Waals surface area contributed by atoms with Gasteiger partial charge in [-0.3, -0.25) is 0 Å². The molecule has 2 rings (SSSR count). The minimum absolute atomic E-state index is 0.00324. The van der Waals surface area contributed by atoms with Gasteiger partial charge in [0.2, 0.25) is 0 Å². The van der Waals surface area contributed by atoms with Crippen LogP contribution in [0.5, 0.6) is 0 Å². The second-order valence-electron chi connectivity index (χ2n) is 1.80. The van der Waals surface area contributed by atoms with Crippen LogP contribution in [0, 0.1) is 0 Å². The van der Waals surface area contributed by atoms with Crippen LogP contribution in [0.2, 0.25) is 0 Å². The molecular weight excluding hydrogens is 274 g/mol. The zero-order chi connectivity index (χ0) is 10.5. The molecule has 5 heteroatoms. The van der Waals surface area contributed by atoms with Gasteiger partial charge in [-0.1, -0.05) is 0 Å². The molecule has 0 amide bonds. The Hall–Kier alpha value is -0.420. The van der Waals surface area contributed by atoms with Gasteiger partial charge in [-0.25, -0.2) is 9.50 Å². The normalized spacial score (nSPS) is 14.5. The van der Waals surface area contributed by atoms with Crippen LogP contribution < -0.4 is 0 Å². The number of aromatic nitrogens is 3. The van der Waals surface area contributed by atoms with Crippen LogP contribution in [-0.2, 0) is 0 Å². The van der Waals surface area contributed by atoms with Crippen LogP contribution in [0.4, 0.5) is 0 Å². The van der Waals surface area contributed by atoms with Crippen LogP contribution in [0.25, 0.3) is 5.65 Å². The van der Waals surface area contributed by atoms with Crippen molar-refractivity contribution >= 4 is 37.5 Å². The first-order valence-corrected chi connectivity index (χ1v) is 4.28. The lowest BCUT2D eigenvalue weighted by Gasteiger charge is -1.91. The molecule has 0 bridgehead atoms. The van der Waals surface area contributed by atoms with E-state index >= 15 is 0 Å². The van der Waals surface area contributed by atoms with Crippen LogP contribution in [0.3, 0.4) is 0 Å². The molecule has 0 radical (unpaired) electrons. The SMILES string of the molecule is [2H]c1nn2c([2H])c([2H])c(Br)nc2c1Br. The van der Waals surface area contributed by atoms with Crippen molar-refractivity contribution in [2.75, 3.05) is 0 Å². The lowest BCUT2D eigenvalue weighted by molar-refractivity contribution is 0.934. The summed E-state index contributed by atoms with van der Waals surface area (Å²) in [5.74, 6) is 0. The predicted octanol–water partition coefficient (Wildman–Crippen LogP) is 2.25. The van der Waals surface area contributed by atoms with Crippen molar-refractivity contribution in [1.29, 1.82) is 0 Å². The maximum Gasteiger partial charge on any atom is 0.170 e. The van der Waals surface area contributed by atoms with E-state index in [1.807, 2.05) is 0 Å². The van der Waals surface area contributed by atoms with Gasteiger partial charge in [0.1, 0.15) is 4.60 Å². The Balaban J connectivity index is 2.98. The van der Waals surface area contributed by atoms with Crippen molar-refractivity contribution in [2.24, 2.45) is 0 Å². The van der Waals surface area contributed by atoms with E-state index in [-0.39, 0.29) is 23.0 Å². The first-order chi connectivity index (χ1) is 6.52. The van der Waals surface area contributed by atoms with E-state index in [9.17, 15) is 0 Å². The first-order valence-electron chi connectivity index (χ1n) is 4.20. The Morgan fingerprint density at radius 1 is 1.55 bits per heavy atom. The molecule has 2 aromatic rings. The standard InChI is InChI=1S/C6H3Br2N3/c7-4-3-9-11-2-1-5(8)10-6(4)11/h1-3H/i1D,2D,3D. The highest BCUT2D eigenvalue weighted by Gasteiger charge is 2.00. The van der Waals surface area contributed by atoms with Crippen molar-refractivity contribution in [1.82, 2.24) is 14.6 Å². The van der Waals surface area contributed by atoms with Gasteiger partial charge in [0.25, 0.3) is 0 Å². The zero-order valence-electron chi connectivity index (χ0n) is 8.10. The smallest absolute Gasteiger partial charge is 0.170 e. The van der Waals surface area contributed by atoms with E-state index in [0.29, 0.717) is 10.1 Å². The number of hydrogen-bond acceptors (Lipinski definition) is 2. The lowest BCUT2D eigenvalue weighted by Crippen LogP contribution is -1.88. The average Bonchev–Trinajstić information content (AvgIpc) is 2.42. The van der Waals surface area contributed by atoms with Crippen LogP contribution in [0.15, 0.2) is 27.5 Å². The van der Waals surface area contributed by atoms with Crippen molar-refractivity contribution in [3.05, 3.63) is 27.5 Å². The number of nitrogens with zero attached hydrogens (tertiary/aromatic N) is 3. The molecule has 2 aromatic heterocycles. The second-order valence-corrected chi connectivity index (χ2v) is 3.34. The molecule has 0 spiro atoms. The highest BCUT2D eigenvalue weighted by atomic mass is 79.9. The van der Waals surface area contributed by atoms with Crippen molar-refractivity contribution in [3.63, 3.8) is 0 Å². The number of fused-ring (bicyclic) bond motifs is 1. The second kappa shape index (κ2) is 2.57. The van der Waals surface area contributed by atoms with Gasteiger partial charge in [-0.2, -0.15) is 5.10 Å². The Kier molecular flexibility index (Phi) is 1.07. The minimum Gasteiger partial charge on any atom is -0.221 e. The summed E-state index contributed by atoms with van der Waals surface area (Å²) in [7, 11) is 0. The summed E-state index contributed by atoms with van der Waals surface area (Å²) in [5, 5.41) is 3.76. The number of rotatable bonds is 0.